The Morgan fingerprint density at radius 2 is 1.79 bits per heavy atom. The van der Waals surface area contributed by atoms with E-state index in [1.54, 1.807) is 19.1 Å². The van der Waals surface area contributed by atoms with Gasteiger partial charge in [-0.2, -0.15) is 0 Å². The molecule has 3 N–H and O–H groups in total. The molecule has 2 rings (SSSR count). The molecule has 0 saturated carbocycles. The van der Waals surface area contributed by atoms with Crippen LogP contribution in [0.3, 0.4) is 0 Å². The fourth-order valence-corrected chi connectivity index (χ4v) is 2.52. The Morgan fingerprint density at radius 3 is 2.36 bits per heavy atom. The molecule has 0 fully saturated rings. The zero-order chi connectivity index (χ0) is 20.9. The molecule has 1 amide bonds. The van der Waals surface area contributed by atoms with Gasteiger partial charge in [0.2, 0.25) is 0 Å². The Kier molecular flexibility index (Phi) is 6.50. The minimum atomic E-state index is -4.81. The molecule has 0 bridgehead atoms. The number of carbonyl (C=O) groups is 2. The molecule has 1 atom stereocenters. The topological polar surface area (TPSA) is 90.7 Å². The van der Waals surface area contributed by atoms with E-state index in [9.17, 15) is 22.8 Å². The highest BCUT2D eigenvalue weighted by Crippen LogP contribution is 2.26. The quantitative estimate of drug-likeness (QED) is 0.576. The van der Waals surface area contributed by atoms with Gasteiger partial charge in [-0.15, -0.1) is 13.2 Å². The summed E-state index contributed by atoms with van der Waals surface area (Å²) in [6.07, 6.45) is -5.02. The number of benzene rings is 2. The number of hydrogen-bond donors (Lipinski definition) is 2. The van der Waals surface area contributed by atoms with Gasteiger partial charge in [0.1, 0.15) is 5.75 Å². The number of nitrogens with one attached hydrogen (secondary N) is 1. The summed E-state index contributed by atoms with van der Waals surface area (Å²) in [6.45, 7) is 1.73. The van der Waals surface area contributed by atoms with Crippen molar-refractivity contribution in [2.45, 2.75) is 25.7 Å². The Bertz CT molecular complexity index is 851. The van der Waals surface area contributed by atoms with Crippen molar-refractivity contribution < 1.29 is 32.2 Å². The maximum Gasteiger partial charge on any atom is 0.573 e. The van der Waals surface area contributed by atoms with E-state index in [0.29, 0.717) is 22.4 Å². The number of carbonyl (C=O) groups excluding carboxylic acids is 2. The molecule has 1 unspecified atom stereocenters. The minimum absolute atomic E-state index is 0.205. The van der Waals surface area contributed by atoms with Crippen molar-refractivity contribution in [3.8, 4) is 5.75 Å². The lowest BCUT2D eigenvalue weighted by Crippen LogP contribution is -2.31. The first-order chi connectivity index (χ1) is 13.1. The monoisotopic (exact) mass is 396 g/mol. The fourth-order valence-electron chi connectivity index (χ4n) is 2.52. The molecule has 28 heavy (non-hydrogen) atoms. The molecule has 9 heteroatoms. The van der Waals surface area contributed by atoms with Crippen LogP contribution in [0.5, 0.6) is 5.75 Å². The number of ether oxygens (including phenoxy) is 2. The van der Waals surface area contributed by atoms with Crippen LogP contribution in [0.1, 0.15) is 33.9 Å². The third-order valence-corrected chi connectivity index (χ3v) is 3.93. The van der Waals surface area contributed by atoms with Crippen molar-refractivity contribution in [2.75, 3.05) is 12.8 Å². The highest BCUT2D eigenvalue weighted by molar-refractivity contribution is 5.97. The third kappa shape index (κ3) is 5.90. The summed E-state index contributed by atoms with van der Waals surface area (Å²) in [7, 11) is 1.20. The predicted octanol–water partition coefficient (Wildman–Crippen LogP) is 3.51. The van der Waals surface area contributed by atoms with Crippen molar-refractivity contribution in [3.05, 3.63) is 59.2 Å². The van der Waals surface area contributed by atoms with E-state index in [1.807, 2.05) is 0 Å². The summed E-state index contributed by atoms with van der Waals surface area (Å²) in [5.41, 5.74) is 7.53. The smallest absolute Gasteiger partial charge is 0.469 e. The second kappa shape index (κ2) is 8.64. The SMILES string of the molecule is COC(=O)CC(NC(=O)c1cc(N)ccc1C)c1ccc(OC(F)(F)F)cc1. The second-order valence-electron chi connectivity index (χ2n) is 6.00. The maximum absolute atomic E-state index is 12.6. The summed E-state index contributed by atoms with van der Waals surface area (Å²) in [5.74, 6) is -1.48. The van der Waals surface area contributed by atoms with Crippen LogP contribution < -0.4 is 15.8 Å². The van der Waals surface area contributed by atoms with Crippen LogP contribution in [-0.4, -0.2) is 25.3 Å². The molecule has 0 aliphatic heterocycles. The van der Waals surface area contributed by atoms with Crippen LogP contribution >= 0.6 is 0 Å². The lowest BCUT2D eigenvalue weighted by molar-refractivity contribution is -0.274. The molecule has 0 saturated heterocycles. The van der Waals surface area contributed by atoms with Crippen LogP contribution in [-0.2, 0) is 9.53 Å². The summed E-state index contributed by atoms with van der Waals surface area (Å²) < 4.78 is 45.4. The van der Waals surface area contributed by atoms with Gasteiger partial charge in [-0.3, -0.25) is 9.59 Å². The summed E-state index contributed by atoms with van der Waals surface area (Å²) in [5, 5.41) is 2.69. The van der Waals surface area contributed by atoms with E-state index in [-0.39, 0.29) is 6.42 Å². The summed E-state index contributed by atoms with van der Waals surface area (Å²) in [4.78, 5) is 24.4. The summed E-state index contributed by atoms with van der Waals surface area (Å²) >= 11 is 0. The van der Waals surface area contributed by atoms with Gasteiger partial charge in [0.15, 0.2) is 0 Å². The molecule has 6 nitrogen and oxygen atoms in total. The number of anilines is 1. The molecule has 0 aromatic heterocycles. The molecular formula is C19H19F3N2O4. The Hall–Kier alpha value is -3.23. The van der Waals surface area contributed by atoms with Gasteiger partial charge in [-0.1, -0.05) is 18.2 Å². The van der Waals surface area contributed by atoms with Crippen LogP contribution in [0.25, 0.3) is 0 Å². The number of hydrogen-bond acceptors (Lipinski definition) is 5. The lowest BCUT2D eigenvalue weighted by Gasteiger charge is -2.19. The van der Waals surface area contributed by atoms with Gasteiger partial charge >= 0.3 is 12.3 Å². The molecule has 2 aromatic carbocycles. The van der Waals surface area contributed by atoms with E-state index in [1.165, 1.54) is 25.3 Å². The van der Waals surface area contributed by atoms with Crippen molar-refractivity contribution in [1.29, 1.82) is 0 Å². The standard InChI is InChI=1S/C19H19F3N2O4/c1-11-3-6-13(23)9-15(11)18(26)24-16(10-17(25)27-2)12-4-7-14(8-5-12)28-19(20,21)22/h3-9,16H,10,23H2,1-2H3,(H,24,26). The van der Waals surface area contributed by atoms with Gasteiger partial charge in [0.05, 0.1) is 19.6 Å². The van der Waals surface area contributed by atoms with Crippen LogP contribution in [0.15, 0.2) is 42.5 Å². The zero-order valence-corrected chi connectivity index (χ0v) is 15.2. The van der Waals surface area contributed by atoms with Crippen molar-refractivity contribution in [3.63, 3.8) is 0 Å². The number of esters is 1. The number of rotatable bonds is 6. The van der Waals surface area contributed by atoms with E-state index >= 15 is 0 Å². The van der Waals surface area contributed by atoms with Gasteiger partial charge in [-0.05, 0) is 42.3 Å². The first-order valence-corrected chi connectivity index (χ1v) is 8.18. The normalized spacial score (nSPS) is 12.2. The minimum Gasteiger partial charge on any atom is -0.469 e. The molecule has 0 heterocycles. The molecule has 0 aliphatic rings. The largest absolute Gasteiger partial charge is 0.573 e. The van der Waals surface area contributed by atoms with E-state index in [2.05, 4.69) is 14.8 Å². The van der Waals surface area contributed by atoms with Gasteiger partial charge < -0.3 is 20.5 Å². The first-order valence-electron chi connectivity index (χ1n) is 8.18. The van der Waals surface area contributed by atoms with Crippen molar-refractivity contribution in [2.24, 2.45) is 0 Å². The number of methoxy groups -OCH3 is 1. The number of aryl methyl sites for hydroxylation is 1. The first kappa shape index (κ1) is 21.1. The Labute approximate surface area is 159 Å². The van der Waals surface area contributed by atoms with Crippen LogP contribution in [0.4, 0.5) is 18.9 Å². The Balaban J connectivity index is 2.25. The molecular weight excluding hydrogens is 377 g/mol. The molecule has 0 radical (unpaired) electrons. The maximum atomic E-state index is 12.6. The number of alkyl halides is 3. The number of nitrogen functional groups attached to an aromatic ring is 1. The van der Waals surface area contributed by atoms with Gasteiger partial charge in [0, 0.05) is 11.3 Å². The summed E-state index contributed by atoms with van der Waals surface area (Å²) in [6, 6.07) is 8.89. The molecule has 0 aliphatic carbocycles. The number of halogens is 3. The lowest BCUT2D eigenvalue weighted by atomic mass is 10.0. The fraction of sp³-hybridized carbons (Fsp3) is 0.263. The van der Waals surface area contributed by atoms with Crippen LogP contribution in [0, 0.1) is 6.92 Å². The average Bonchev–Trinajstić information content (AvgIpc) is 2.62. The van der Waals surface area contributed by atoms with E-state index < -0.39 is 30.0 Å². The zero-order valence-electron chi connectivity index (χ0n) is 15.2. The third-order valence-electron chi connectivity index (χ3n) is 3.93. The van der Waals surface area contributed by atoms with Crippen LogP contribution in [0.2, 0.25) is 0 Å². The van der Waals surface area contributed by atoms with Gasteiger partial charge in [-0.25, -0.2) is 0 Å². The molecule has 0 spiro atoms. The average molecular weight is 396 g/mol. The number of amides is 1. The van der Waals surface area contributed by atoms with E-state index in [0.717, 1.165) is 12.1 Å². The predicted molar refractivity (Wildman–Crippen MR) is 95.6 cm³/mol. The second-order valence-corrected chi connectivity index (χ2v) is 6.00. The number of nitrogens with two attached hydrogens (primary N) is 1. The highest BCUT2D eigenvalue weighted by Gasteiger charge is 2.31. The van der Waals surface area contributed by atoms with Crippen molar-refractivity contribution in [1.82, 2.24) is 5.32 Å². The highest BCUT2D eigenvalue weighted by atomic mass is 19.4. The van der Waals surface area contributed by atoms with E-state index in [4.69, 9.17) is 5.73 Å². The molecule has 150 valence electrons. The van der Waals surface area contributed by atoms with Crippen molar-refractivity contribution >= 4 is 17.6 Å². The Morgan fingerprint density at radius 1 is 1.14 bits per heavy atom. The molecule has 2 aromatic rings. The van der Waals surface area contributed by atoms with Gasteiger partial charge in [0.25, 0.3) is 5.91 Å².